The lowest BCUT2D eigenvalue weighted by Gasteiger charge is -2.28. The number of methoxy groups -OCH3 is 1. The van der Waals surface area contributed by atoms with Crippen molar-refractivity contribution in [2.45, 2.75) is 18.9 Å². The fourth-order valence-corrected chi connectivity index (χ4v) is 2.37. The van der Waals surface area contributed by atoms with Crippen LogP contribution in [-0.4, -0.2) is 42.2 Å². The maximum Gasteiger partial charge on any atom is 0.246 e. The molecule has 1 aromatic carbocycles. The number of hydrogen-bond donors (Lipinski definition) is 1. The molecule has 0 radical (unpaired) electrons. The zero-order valence-corrected chi connectivity index (χ0v) is 12.1. The fraction of sp³-hybridized carbons (Fsp3) is 0.400. The van der Waals surface area contributed by atoms with E-state index < -0.39 is 0 Å². The van der Waals surface area contributed by atoms with E-state index in [9.17, 15) is 9.90 Å². The van der Waals surface area contributed by atoms with Gasteiger partial charge in [-0.25, -0.2) is 0 Å². The summed E-state index contributed by atoms with van der Waals surface area (Å²) in [5, 5.41) is 10.0. The molecule has 1 amide bonds. The number of aliphatic hydroxyl groups excluding tert-OH is 1. The van der Waals surface area contributed by atoms with Crippen LogP contribution in [0, 0.1) is 0 Å². The van der Waals surface area contributed by atoms with E-state index in [0.717, 1.165) is 5.56 Å². The topological polar surface area (TPSA) is 49.8 Å². The van der Waals surface area contributed by atoms with Crippen LogP contribution in [0.4, 0.5) is 0 Å². The number of piperidine rings is 1. The molecule has 5 heteroatoms. The van der Waals surface area contributed by atoms with Gasteiger partial charge in [-0.15, -0.1) is 0 Å². The Bertz CT molecular complexity index is 508. The average molecular weight is 296 g/mol. The Morgan fingerprint density at radius 2 is 2.15 bits per heavy atom. The van der Waals surface area contributed by atoms with Gasteiger partial charge in [0, 0.05) is 29.8 Å². The Hall–Kier alpha value is -1.52. The van der Waals surface area contributed by atoms with Crippen LogP contribution in [0.15, 0.2) is 24.3 Å². The summed E-state index contributed by atoms with van der Waals surface area (Å²) in [6.07, 6.45) is 4.22. The minimum Gasteiger partial charge on any atom is -0.496 e. The van der Waals surface area contributed by atoms with Gasteiger partial charge in [0.25, 0.3) is 0 Å². The van der Waals surface area contributed by atoms with Crippen molar-refractivity contribution in [1.82, 2.24) is 4.90 Å². The summed E-state index contributed by atoms with van der Waals surface area (Å²) in [7, 11) is 1.58. The number of benzene rings is 1. The van der Waals surface area contributed by atoms with Gasteiger partial charge in [0.05, 0.1) is 13.2 Å². The van der Waals surface area contributed by atoms with Gasteiger partial charge in [-0.05, 0) is 37.1 Å². The third kappa shape index (κ3) is 3.74. The summed E-state index contributed by atoms with van der Waals surface area (Å²) in [5.41, 5.74) is 0.769. The van der Waals surface area contributed by atoms with E-state index in [4.69, 9.17) is 16.3 Å². The Balaban J connectivity index is 2.05. The monoisotopic (exact) mass is 295 g/mol. The van der Waals surface area contributed by atoms with Crippen LogP contribution in [-0.2, 0) is 4.79 Å². The fourth-order valence-electron chi connectivity index (χ4n) is 2.19. The molecule has 0 aliphatic carbocycles. The first-order valence-electron chi connectivity index (χ1n) is 6.58. The minimum absolute atomic E-state index is 0.0565. The summed E-state index contributed by atoms with van der Waals surface area (Å²) < 4.78 is 5.22. The molecule has 0 unspecified atom stereocenters. The number of hydrogen-bond acceptors (Lipinski definition) is 3. The molecule has 108 valence electrons. The predicted molar refractivity (Wildman–Crippen MR) is 78.9 cm³/mol. The summed E-state index contributed by atoms with van der Waals surface area (Å²) in [6, 6.07) is 5.26. The summed E-state index contributed by atoms with van der Waals surface area (Å²) in [5.74, 6) is 0.617. The molecule has 2 rings (SSSR count). The van der Waals surface area contributed by atoms with Crippen molar-refractivity contribution in [3.8, 4) is 5.75 Å². The van der Waals surface area contributed by atoms with E-state index in [2.05, 4.69) is 0 Å². The van der Waals surface area contributed by atoms with Crippen LogP contribution in [0.25, 0.3) is 6.08 Å². The molecule has 1 fully saturated rings. The lowest BCUT2D eigenvalue weighted by atomic mass is 10.1. The van der Waals surface area contributed by atoms with Crippen LogP contribution < -0.4 is 4.74 Å². The molecule has 1 aromatic rings. The molecule has 0 bridgehead atoms. The summed E-state index contributed by atoms with van der Waals surface area (Å²) in [4.78, 5) is 13.8. The van der Waals surface area contributed by atoms with Crippen LogP contribution in [0.3, 0.4) is 0 Å². The van der Waals surface area contributed by atoms with Gasteiger partial charge in [-0.3, -0.25) is 4.79 Å². The first-order valence-corrected chi connectivity index (χ1v) is 6.96. The van der Waals surface area contributed by atoms with Crippen LogP contribution in [0.2, 0.25) is 5.02 Å². The predicted octanol–water partition coefficient (Wildman–Crippen LogP) is 2.35. The smallest absolute Gasteiger partial charge is 0.246 e. The van der Waals surface area contributed by atoms with Crippen LogP contribution in [0.1, 0.15) is 18.4 Å². The van der Waals surface area contributed by atoms with Gasteiger partial charge in [-0.2, -0.15) is 0 Å². The van der Waals surface area contributed by atoms with Crippen molar-refractivity contribution >= 4 is 23.6 Å². The van der Waals surface area contributed by atoms with Crippen molar-refractivity contribution in [1.29, 1.82) is 0 Å². The van der Waals surface area contributed by atoms with Crippen molar-refractivity contribution in [3.63, 3.8) is 0 Å². The van der Waals surface area contributed by atoms with Gasteiger partial charge >= 0.3 is 0 Å². The second-order valence-corrected chi connectivity index (χ2v) is 5.21. The first-order chi connectivity index (χ1) is 9.60. The molecule has 1 saturated heterocycles. The number of carbonyl (C=O) groups is 1. The number of halogens is 1. The molecule has 0 atom stereocenters. The second kappa shape index (κ2) is 6.77. The Kier molecular flexibility index (Phi) is 5.04. The molecule has 1 heterocycles. The maximum atomic E-state index is 12.0. The normalized spacial score (nSPS) is 16.6. The molecular formula is C15H18ClNO3. The van der Waals surface area contributed by atoms with E-state index in [1.54, 1.807) is 36.3 Å². The molecule has 1 aliphatic heterocycles. The molecular weight excluding hydrogens is 278 g/mol. The summed E-state index contributed by atoms with van der Waals surface area (Å²) >= 11 is 5.94. The highest BCUT2D eigenvalue weighted by Gasteiger charge is 2.19. The zero-order valence-electron chi connectivity index (χ0n) is 11.4. The number of carbonyl (C=O) groups excluding carboxylic acids is 1. The van der Waals surface area contributed by atoms with Crippen molar-refractivity contribution in [2.24, 2.45) is 0 Å². The largest absolute Gasteiger partial charge is 0.496 e. The maximum absolute atomic E-state index is 12.0. The van der Waals surface area contributed by atoms with Gasteiger partial charge in [0.15, 0.2) is 0 Å². The Morgan fingerprint density at radius 1 is 1.45 bits per heavy atom. The molecule has 0 spiro atoms. The molecule has 4 nitrogen and oxygen atoms in total. The number of amides is 1. The SMILES string of the molecule is COc1ccc(Cl)cc1/C=C/C(=O)N1CCC(O)CC1. The quantitative estimate of drug-likeness (QED) is 0.871. The van der Waals surface area contributed by atoms with Gasteiger partial charge in [0.1, 0.15) is 5.75 Å². The van der Waals surface area contributed by atoms with Crippen molar-refractivity contribution in [2.75, 3.05) is 20.2 Å². The molecule has 1 aliphatic rings. The zero-order chi connectivity index (χ0) is 14.5. The Morgan fingerprint density at radius 3 is 2.80 bits per heavy atom. The number of aliphatic hydroxyl groups is 1. The molecule has 0 aromatic heterocycles. The second-order valence-electron chi connectivity index (χ2n) is 4.78. The standard InChI is InChI=1S/C15H18ClNO3/c1-20-14-4-3-12(16)10-11(14)2-5-15(19)17-8-6-13(18)7-9-17/h2-5,10,13,18H,6-9H2,1H3/b5-2+. The number of nitrogens with zero attached hydrogens (tertiary/aromatic N) is 1. The van der Waals surface area contributed by atoms with E-state index in [0.29, 0.717) is 36.7 Å². The number of rotatable bonds is 3. The third-order valence-electron chi connectivity index (χ3n) is 3.37. The molecule has 1 N–H and O–H groups in total. The van der Waals surface area contributed by atoms with E-state index >= 15 is 0 Å². The van der Waals surface area contributed by atoms with E-state index in [-0.39, 0.29) is 12.0 Å². The molecule has 20 heavy (non-hydrogen) atoms. The highest BCUT2D eigenvalue weighted by Crippen LogP contribution is 2.24. The van der Waals surface area contributed by atoms with Gasteiger partial charge in [-0.1, -0.05) is 11.6 Å². The van der Waals surface area contributed by atoms with Crippen molar-refractivity contribution < 1.29 is 14.6 Å². The molecule has 0 saturated carbocycles. The third-order valence-corrected chi connectivity index (χ3v) is 3.61. The van der Waals surface area contributed by atoms with Crippen LogP contribution in [0.5, 0.6) is 5.75 Å². The average Bonchev–Trinajstić information content (AvgIpc) is 2.45. The highest BCUT2D eigenvalue weighted by molar-refractivity contribution is 6.30. The lowest BCUT2D eigenvalue weighted by molar-refractivity contribution is -0.127. The van der Waals surface area contributed by atoms with Crippen LogP contribution >= 0.6 is 11.6 Å². The summed E-state index contributed by atoms with van der Waals surface area (Å²) in [6.45, 7) is 1.19. The van der Waals surface area contributed by atoms with Gasteiger partial charge < -0.3 is 14.7 Å². The first kappa shape index (κ1) is 14.9. The minimum atomic E-state index is -0.281. The number of likely N-dealkylation sites (tertiary alicyclic amines) is 1. The van der Waals surface area contributed by atoms with Gasteiger partial charge in [0.2, 0.25) is 5.91 Å². The van der Waals surface area contributed by atoms with Crippen molar-refractivity contribution in [3.05, 3.63) is 34.9 Å². The Labute approximate surface area is 123 Å². The van der Waals surface area contributed by atoms with E-state index in [1.165, 1.54) is 6.08 Å². The highest BCUT2D eigenvalue weighted by atomic mass is 35.5. The van der Waals surface area contributed by atoms with E-state index in [1.807, 2.05) is 0 Å². The lowest BCUT2D eigenvalue weighted by Crippen LogP contribution is -2.39. The number of ether oxygens (including phenoxy) is 1.